The number of amides is 2. The molecule has 3 aliphatic heterocycles. The number of hydrogen-bond acceptors (Lipinski definition) is 4. The van der Waals surface area contributed by atoms with Crippen LogP contribution in [0.3, 0.4) is 0 Å². The highest BCUT2D eigenvalue weighted by atomic mass is 19.1. The first-order chi connectivity index (χ1) is 13.9. The van der Waals surface area contributed by atoms with Crippen molar-refractivity contribution in [3.8, 4) is 0 Å². The SMILES string of the molecule is CC(C)(C)C(=O)NCC12CC(CC(C)(C)C(=O)NC3(CCF)CCOCC3)(CO1)C2. The van der Waals surface area contributed by atoms with E-state index in [1.165, 1.54) is 0 Å². The van der Waals surface area contributed by atoms with Gasteiger partial charge in [-0.25, -0.2) is 0 Å². The molecule has 7 heteroatoms. The molecule has 1 aliphatic carbocycles. The van der Waals surface area contributed by atoms with Crippen molar-refractivity contribution in [1.29, 1.82) is 0 Å². The van der Waals surface area contributed by atoms with Gasteiger partial charge in [0.25, 0.3) is 0 Å². The van der Waals surface area contributed by atoms with Crippen LogP contribution in [0.4, 0.5) is 4.39 Å². The van der Waals surface area contributed by atoms with E-state index in [0.29, 0.717) is 45.6 Å². The minimum Gasteiger partial charge on any atom is -0.381 e. The molecular weight excluding hydrogens is 387 g/mol. The molecule has 0 unspecified atom stereocenters. The van der Waals surface area contributed by atoms with E-state index in [1.807, 2.05) is 34.6 Å². The Morgan fingerprint density at radius 2 is 1.67 bits per heavy atom. The van der Waals surface area contributed by atoms with Gasteiger partial charge in [0.2, 0.25) is 11.8 Å². The van der Waals surface area contributed by atoms with Crippen molar-refractivity contribution in [3.05, 3.63) is 0 Å². The first-order valence-corrected chi connectivity index (χ1v) is 11.2. The number of nitrogens with one attached hydrogen (secondary N) is 2. The van der Waals surface area contributed by atoms with E-state index in [9.17, 15) is 14.0 Å². The van der Waals surface area contributed by atoms with Crippen LogP contribution in [0.1, 0.15) is 73.1 Å². The summed E-state index contributed by atoms with van der Waals surface area (Å²) in [5.74, 6) is 0.0110. The third kappa shape index (κ3) is 4.82. The van der Waals surface area contributed by atoms with Crippen LogP contribution in [0.15, 0.2) is 0 Å². The number of halogens is 1. The summed E-state index contributed by atoms with van der Waals surface area (Å²) in [7, 11) is 0. The quantitative estimate of drug-likeness (QED) is 0.625. The van der Waals surface area contributed by atoms with Crippen molar-refractivity contribution < 1.29 is 23.5 Å². The number of hydrogen-bond donors (Lipinski definition) is 2. The molecule has 0 aromatic rings. The first kappa shape index (κ1) is 23.5. The molecule has 0 spiro atoms. The third-order valence-electron chi connectivity index (χ3n) is 7.16. The largest absolute Gasteiger partial charge is 0.381 e. The molecule has 0 atom stereocenters. The van der Waals surface area contributed by atoms with Crippen LogP contribution in [0.5, 0.6) is 0 Å². The van der Waals surface area contributed by atoms with E-state index >= 15 is 0 Å². The average molecular weight is 427 g/mol. The number of alkyl halides is 1. The zero-order valence-corrected chi connectivity index (χ0v) is 19.3. The zero-order chi connectivity index (χ0) is 22.3. The third-order valence-corrected chi connectivity index (χ3v) is 7.16. The molecule has 1 saturated carbocycles. The lowest BCUT2D eigenvalue weighted by Crippen LogP contribution is -2.57. The fourth-order valence-electron chi connectivity index (χ4n) is 5.49. The minimum absolute atomic E-state index is 0.0161. The Balaban J connectivity index is 1.56. The van der Waals surface area contributed by atoms with Crippen molar-refractivity contribution in [2.45, 2.75) is 84.3 Å². The highest BCUT2D eigenvalue weighted by Gasteiger charge is 2.63. The Morgan fingerprint density at radius 3 is 2.23 bits per heavy atom. The Labute approximate surface area is 180 Å². The molecular formula is C23H39FN2O4. The van der Waals surface area contributed by atoms with Gasteiger partial charge in [-0.05, 0) is 38.5 Å². The van der Waals surface area contributed by atoms with Crippen molar-refractivity contribution in [3.63, 3.8) is 0 Å². The average Bonchev–Trinajstić information content (AvgIpc) is 3.14. The lowest BCUT2D eigenvalue weighted by molar-refractivity contribution is -0.136. The van der Waals surface area contributed by atoms with E-state index in [0.717, 1.165) is 19.3 Å². The molecule has 0 aromatic heterocycles. The van der Waals surface area contributed by atoms with Gasteiger partial charge in [0.05, 0.1) is 18.9 Å². The normalized spacial score (nSPS) is 30.5. The summed E-state index contributed by atoms with van der Waals surface area (Å²) in [4.78, 5) is 25.4. The van der Waals surface area contributed by atoms with E-state index in [4.69, 9.17) is 9.47 Å². The molecule has 0 aromatic carbocycles. The van der Waals surface area contributed by atoms with Crippen LogP contribution in [0.25, 0.3) is 0 Å². The zero-order valence-electron chi connectivity index (χ0n) is 19.3. The second-order valence-corrected chi connectivity index (χ2v) is 11.6. The van der Waals surface area contributed by atoms with Crippen molar-refractivity contribution in [2.75, 3.05) is 33.0 Å². The van der Waals surface area contributed by atoms with E-state index in [2.05, 4.69) is 10.6 Å². The Morgan fingerprint density at radius 1 is 1.03 bits per heavy atom. The molecule has 3 saturated heterocycles. The van der Waals surface area contributed by atoms with Gasteiger partial charge in [-0.1, -0.05) is 34.6 Å². The van der Waals surface area contributed by atoms with Crippen LogP contribution in [-0.2, 0) is 19.1 Å². The van der Waals surface area contributed by atoms with Crippen molar-refractivity contribution >= 4 is 11.8 Å². The molecule has 30 heavy (non-hydrogen) atoms. The molecule has 3 heterocycles. The van der Waals surface area contributed by atoms with Gasteiger partial charge in [0, 0.05) is 41.5 Å². The van der Waals surface area contributed by atoms with Gasteiger partial charge >= 0.3 is 0 Å². The molecule has 2 amide bonds. The lowest BCUT2D eigenvalue weighted by Gasteiger charge is -2.48. The van der Waals surface area contributed by atoms with Gasteiger partial charge in [0.1, 0.15) is 0 Å². The number of carbonyl (C=O) groups excluding carboxylic acids is 2. The summed E-state index contributed by atoms with van der Waals surface area (Å²) in [6, 6.07) is 0. The number of fused-ring (bicyclic) bond motifs is 1. The topological polar surface area (TPSA) is 76.7 Å². The predicted molar refractivity (Wildman–Crippen MR) is 113 cm³/mol. The van der Waals surface area contributed by atoms with Crippen LogP contribution >= 0.6 is 0 Å². The van der Waals surface area contributed by atoms with Gasteiger partial charge in [0.15, 0.2) is 0 Å². The van der Waals surface area contributed by atoms with Crippen LogP contribution < -0.4 is 10.6 Å². The number of carbonyl (C=O) groups is 2. The Kier molecular flexibility index (Phi) is 6.29. The van der Waals surface area contributed by atoms with E-state index < -0.39 is 23.0 Å². The van der Waals surface area contributed by atoms with Crippen LogP contribution in [0, 0.1) is 16.2 Å². The Hall–Kier alpha value is -1.21. The lowest BCUT2D eigenvalue weighted by atomic mass is 9.57. The highest BCUT2D eigenvalue weighted by Crippen LogP contribution is 2.61. The summed E-state index contributed by atoms with van der Waals surface area (Å²) in [6.45, 7) is 11.5. The highest BCUT2D eigenvalue weighted by molar-refractivity contribution is 5.83. The molecule has 2 bridgehead atoms. The maximum Gasteiger partial charge on any atom is 0.226 e. The van der Waals surface area contributed by atoms with Gasteiger partial charge in [-0.15, -0.1) is 0 Å². The summed E-state index contributed by atoms with van der Waals surface area (Å²) >= 11 is 0. The molecule has 4 rings (SSSR count). The fraction of sp³-hybridized carbons (Fsp3) is 0.913. The first-order valence-electron chi connectivity index (χ1n) is 11.2. The summed E-state index contributed by atoms with van der Waals surface area (Å²) in [6.07, 6.45) is 4.11. The monoisotopic (exact) mass is 426 g/mol. The van der Waals surface area contributed by atoms with Crippen LogP contribution in [-0.4, -0.2) is 56.0 Å². The maximum absolute atomic E-state index is 13.2. The number of rotatable bonds is 8. The standard InChI is InChI=1S/C23H39FN2O4/c1-19(2,3)17(27)25-15-23-13-21(14-23,16-30-23)12-20(4,5)18(28)26-22(6-9-24)7-10-29-11-8-22/h6-16H2,1-5H3,(H,25,27)(H,26,28). The second kappa shape index (κ2) is 8.05. The maximum atomic E-state index is 13.2. The summed E-state index contributed by atoms with van der Waals surface area (Å²) < 4.78 is 24.7. The molecule has 2 N–H and O–H groups in total. The Bertz CT molecular complexity index is 653. The van der Waals surface area contributed by atoms with Gasteiger partial charge in [-0.3, -0.25) is 14.0 Å². The molecule has 4 fully saturated rings. The minimum atomic E-state index is -0.573. The van der Waals surface area contributed by atoms with E-state index in [1.54, 1.807) is 0 Å². The van der Waals surface area contributed by atoms with Gasteiger partial charge in [-0.2, -0.15) is 0 Å². The van der Waals surface area contributed by atoms with Crippen LogP contribution in [0.2, 0.25) is 0 Å². The predicted octanol–water partition coefficient (Wildman–Crippen LogP) is 3.14. The fourth-order valence-corrected chi connectivity index (χ4v) is 5.49. The molecule has 6 nitrogen and oxygen atoms in total. The molecule has 4 aliphatic rings. The second-order valence-electron chi connectivity index (χ2n) is 11.6. The van der Waals surface area contributed by atoms with Gasteiger partial charge < -0.3 is 20.1 Å². The smallest absolute Gasteiger partial charge is 0.226 e. The molecule has 0 radical (unpaired) electrons. The van der Waals surface area contributed by atoms with Crippen molar-refractivity contribution in [2.24, 2.45) is 16.2 Å². The summed E-state index contributed by atoms with van der Waals surface area (Å²) in [5, 5.41) is 6.22. The van der Waals surface area contributed by atoms with Crippen molar-refractivity contribution in [1.82, 2.24) is 10.6 Å². The number of ether oxygens (including phenoxy) is 2. The van der Waals surface area contributed by atoms with E-state index in [-0.39, 0.29) is 22.8 Å². The molecule has 172 valence electrons. The summed E-state index contributed by atoms with van der Waals surface area (Å²) in [5.41, 5.74) is -1.79.